The third-order valence-corrected chi connectivity index (χ3v) is 4.52. The number of carbonyl (C=O) groups excluding carboxylic acids is 1. The van der Waals surface area contributed by atoms with Crippen LogP contribution in [0.2, 0.25) is 0 Å². The number of nitrogens with zero attached hydrogens (tertiary/aromatic N) is 1. The fraction of sp³-hybridized carbons (Fsp3) is 0.857. The molecule has 0 aromatic carbocycles. The van der Waals surface area contributed by atoms with Gasteiger partial charge in [-0.2, -0.15) is 13.2 Å². The minimum Gasteiger partial charge on any atom is -0.481 e. The van der Waals surface area contributed by atoms with Crippen LogP contribution in [-0.4, -0.2) is 47.3 Å². The molecule has 2 amide bonds. The van der Waals surface area contributed by atoms with E-state index in [-0.39, 0.29) is 19.4 Å². The van der Waals surface area contributed by atoms with E-state index in [4.69, 9.17) is 5.11 Å². The zero-order chi connectivity index (χ0) is 16.3. The number of alkyl halides is 3. The van der Waals surface area contributed by atoms with Crippen molar-refractivity contribution in [2.45, 2.75) is 50.7 Å². The van der Waals surface area contributed by atoms with Gasteiger partial charge in [0.25, 0.3) is 0 Å². The molecule has 0 bridgehead atoms. The van der Waals surface area contributed by atoms with Crippen molar-refractivity contribution >= 4 is 12.0 Å². The van der Waals surface area contributed by atoms with Gasteiger partial charge >= 0.3 is 18.2 Å². The number of carboxylic acid groups (broad SMARTS) is 1. The highest BCUT2D eigenvalue weighted by atomic mass is 19.4. The lowest BCUT2D eigenvalue weighted by Crippen LogP contribution is -2.51. The highest BCUT2D eigenvalue weighted by molar-refractivity contribution is 5.76. The smallest absolute Gasteiger partial charge is 0.391 e. The van der Waals surface area contributed by atoms with Crippen molar-refractivity contribution in [2.75, 3.05) is 13.1 Å². The molecule has 2 N–H and O–H groups in total. The number of nitrogens with one attached hydrogen (secondary N) is 1. The third kappa shape index (κ3) is 4.27. The predicted octanol–water partition coefficient (Wildman–Crippen LogP) is 2.61. The zero-order valence-corrected chi connectivity index (χ0v) is 12.2. The first kappa shape index (κ1) is 16.9. The molecule has 2 aliphatic rings. The summed E-state index contributed by atoms with van der Waals surface area (Å²) in [6.45, 7) is 0.571. The average Bonchev–Trinajstić information content (AvgIpc) is 2.46. The van der Waals surface area contributed by atoms with Crippen molar-refractivity contribution < 1.29 is 27.9 Å². The molecule has 0 spiro atoms. The number of rotatable bonds is 2. The number of halogens is 3. The minimum atomic E-state index is -4.22. The SMILES string of the molecule is O=C(O)C1CCCN(C(=O)NC2CCCC(C(F)(F)F)C2)C1. The maximum Gasteiger partial charge on any atom is 0.391 e. The predicted molar refractivity (Wildman–Crippen MR) is 72.3 cm³/mol. The lowest BCUT2D eigenvalue weighted by Gasteiger charge is -2.35. The number of aliphatic carboxylic acids is 1. The normalized spacial score (nSPS) is 30.0. The van der Waals surface area contributed by atoms with Crippen LogP contribution in [0.3, 0.4) is 0 Å². The van der Waals surface area contributed by atoms with Gasteiger partial charge < -0.3 is 15.3 Å². The van der Waals surface area contributed by atoms with E-state index in [0.29, 0.717) is 32.2 Å². The van der Waals surface area contributed by atoms with Crippen molar-refractivity contribution in [2.24, 2.45) is 11.8 Å². The number of amides is 2. The largest absolute Gasteiger partial charge is 0.481 e. The maximum absolute atomic E-state index is 12.8. The standard InChI is InChI=1S/C14H21F3N2O3/c15-14(16,17)10-4-1-5-11(7-10)18-13(22)19-6-2-3-9(8-19)12(20)21/h9-11H,1-8H2,(H,18,22)(H,20,21). The molecule has 1 heterocycles. The minimum absolute atomic E-state index is 0.0918. The van der Waals surface area contributed by atoms with E-state index in [9.17, 15) is 22.8 Å². The van der Waals surface area contributed by atoms with E-state index >= 15 is 0 Å². The Kier molecular flexibility index (Phi) is 5.18. The molecule has 2 fully saturated rings. The summed E-state index contributed by atoms with van der Waals surface area (Å²) >= 11 is 0. The quantitative estimate of drug-likeness (QED) is 0.821. The van der Waals surface area contributed by atoms with Crippen LogP contribution in [0.1, 0.15) is 38.5 Å². The second-order valence-electron chi connectivity index (χ2n) is 6.17. The summed E-state index contributed by atoms with van der Waals surface area (Å²) in [5.74, 6) is -2.89. The second-order valence-corrected chi connectivity index (χ2v) is 6.17. The van der Waals surface area contributed by atoms with Crippen LogP contribution < -0.4 is 5.32 Å². The molecule has 1 aliphatic carbocycles. The van der Waals surface area contributed by atoms with E-state index in [0.717, 1.165) is 0 Å². The van der Waals surface area contributed by atoms with Crippen LogP contribution in [0.5, 0.6) is 0 Å². The van der Waals surface area contributed by atoms with E-state index in [1.807, 2.05) is 0 Å². The van der Waals surface area contributed by atoms with Gasteiger partial charge in [0.1, 0.15) is 0 Å². The van der Waals surface area contributed by atoms with Crippen LogP contribution in [0.15, 0.2) is 0 Å². The Morgan fingerprint density at radius 1 is 1.14 bits per heavy atom. The van der Waals surface area contributed by atoms with Crippen molar-refractivity contribution in [1.82, 2.24) is 10.2 Å². The number of hydrogen-bond acceptors (Lipinski definition) is 2. The number of hydrogen-bond donors (Lipinski definition) is 2. The molecule has 3 unspecified atom stereocenters. The third-order valence-electron chi connectivity index (χ3n) is 4.52. The summed E-state index contributed by atoms with van der Waals surface area (Å²) < 4.78 is 38.3. The molecular weight excluding hydrogens is 301 g/mol. The maximum atomic E-state index is 12.8. The van der Waals surface area contributed by atoms with E-state index < -0.39 is 36.1 Å². The monoisotopic (exact) mass is 322 g/mol. The van der Waals surface area contributed by atoms with Crippen molar-refractivity contribution in [3.63, 3.8) is 0 Å². The van der Waals surface area contributed by atoms with Crippen molar-refractivity contribution in [1.29, 1.82) is 0 Å². The Morgan fingerprint density at radius 2 is 1.86 bits per heavy atom. The van der Waals surface area contributed by atoms with Gasteiger partial charge in [-0.05, 0) is 32.1 Å². The number of carbonyl (C=O) groups is 2. The van der Waals surface area contributed by atoms with Gasteiger partial charge in [0.15, 0.2) is 0 Å². The molecule has 0 aromatic rings. The Morgan fingerprint density at radius 3 is 2.50 bits per heavy atom. The Bertz CT molecular complexity index is 428. The molecule has 22 heavy (non-hydrogen) atoms. The summed E-state index contributed by atoms with van der Waals surface area (Å²) in [4.78, 5) is 24.5. The molecule has 8 heteroatoms. The summed E-state index contributed by atoms with van der Waals surface area (Å²) in [5.41, 5.74) is 0. The molecular formula is C14H21F3N2O3. The molecule has 2 rings (SSSR count). The first-order valence-electron chi connectivity index (χ1n) is 7.62. The molecule has 126 valence electrons. The highest BCUT2D eigenvalue weighted by Crippen LogP contribution is 2.37. The molecule has 1 saturated heterocycles. The Balaban J connectivity index is 1.87. The van der Waals surface area contributed by atoms with E-state index in [1.54, 1.807) is 0 Å². The zero-order valence-electron chi connectivity index (χ0n) is 12.2. The fourth-order valence-corrected chi connectivity index (χ4v) is 3.25. The highest BCUT2D eigenvalue weighted by Gasteiger charge is 2.42. The van der Waals surface area contributed by atoms with Gasteiger partial charge in [0, 0.05) is 19.1 Å². The lowest BCUT2D eigenvalue weighted by atomic mass is 9.85. The number of piperidine rings is 1. The van der Waals surface area contributed by atoms with Crippen LogP contribution in [0, 0.1) is 11.8 Å². The molecule has 0 radical (unpaired) electrons. The Labute approximate surface area is 126 Å². The first-order chi connectivity index (χ1) is 10.3. The lowest BCUT2D eigenvalue weighted by molar-refractivity contribution is -0.183. The topological polar surface area (TPSA) is 69.6 Å². The van der Waals surface area contributed by atoms with Crippen molar-refractivity contribution in [3.05, 3.63) is 0 Å². The van der Waals surface area contributed by atoms with Crippen molar-refractivity contribution in [3.8, 4) is 0 Å². The molecule has 1 aliphatic heterocycles. The Hall–Kier alpha value is -1.47. The number of likely N-dealkylation sites (tertiary alicyclic amines) is 1. The van der Waals surface area contributed by atoms with Gasteiger partial charge in [-0.25, -0.2) is 4.79 Å². The fourth-order valence-electron chi connectivity index (χ4n) is 3.25. The van der Waals surface area contributed by atoms with Crippen LogP contribution in [0.4, 0.5) is 18.0 Å². The molecule has 5 nitrogen and oxygen atoms in total. The van der Waals surface area contributed by atoms with E-state index in [2.05, 4.69) is 5.32 Å². The number of carboxylic acids is 1. The van der Waals surface area contributed by atoms with Crippen LogP contribution >= 0.6 is 0 Å². The van der Waals surface area contributed by atoms with Gasteiger partial charge in [0.2, 0.25) is 0 Å². The summed E-state index contributed by atoms with van der Waals surface area (Å²) in [5, 5.41) is 11.6. The van der Waals surface area contributed by atoms with Crippen LogP contribution in [-0.2, 0) is 4.79 Å². The molecule has 1 saturated carbocycles. The average molecular weight is 322 g/mol. The van der Waals surface area contributed by atoms with Crippen LogP contribution in [0.25, 0.3) is 0 Å². The summed E-state index contributed by atoms with van der Waals surface area (Å²) in [6.07, 6.45) is -2.10. The summed E-state index contributed by atoms with van der Waals surface area (Å²) in [6, 6.07) is -0.933. The van der Waals surface area contributed by atoms with Gasteiger partial charge in [-0.15, -0.1) is 0 Å². The molecule has 0 aromatic heterocycles. The number of urea groups is 1. The first-order valence-corrected chi connectivity index (χ1v) is 7.62. The van der Waals surface area contributed by atoms with Gasteiger partial charge in [0.05, 0.1) is 11.8 Å². The second kappa shape index (κ2) is 6.75. The van der Waals surface area contributed by atoms with E-state index in [1.165, 1.54) is 4.90 Å². The van der Waals surface area contributed by atoms with Gasteiger partial charge in [-0.1, -0.05) is 6.42 Å². The van der Waals surface area contributed by atoms with Gasteiger partial charge in [-0.3, -0.25) is 4.79 Å². The molecule has 3 atom stereocenters. The summed E-state index contributed by atoms with van der Waals surface area (Å²) in [7, 11) is 0.